The summed E-state index contributed by atoms with van der Waals surface area (Å²) in [6.07, 6.45) is -4.86. The van der Waals surface area contributed by atoms with E-state index in [0.29, 0.717) is 22.4 Å². The van der Waals surface area contributed by atoms with E-state index >= 15 is 0 Å². The number of alkyl halides is 4. The first-order valence-electron chi connectivity index (χ1n) is 10.1. The number of halogens is 4. The molecule has 2 N–H and O–H groups in total. The Morgan fingerprint density at radius 3 is 2.00 bits per heavy atom. The van der Waals surface area contributed by atoms with E-state index < -0.39 is 26.3 Å². The van der Waals surface area contributed by atoms with E-state index in [0.717, 1.165) is 33.7 Å². The average molecular weight is 588 g/mol. The Morgan fingerprint density at radius 2 is 1.42 bits per heavy atom. The van der Waals surface area contributed by atoms with Crippen LogP contribution in [0.4, 0.5) is 18.9 Å². The summed E-state index contributed by atoms with van der Waals surface area (Å²) < 4.78 is 67.9. The fourth-order valence-electron chi connectivity index (χ4n) is 3.77. The predicted molar refractivity (Wildman–Crippen MR) is 134 cm³/mol. The monoisotopic (exact) mass is 588 g/mol. The van der Waals surface area contributed by atoms with Crippen LogP contribution in [0.5, 0.6) is 0 Å². The molecule has 0 aliphatic rings. The molecular weight excluding hydrogens is 564 g/mol. The van der Waals surface area contributed by atoms with Crippen molar-refractivity contribution in [2.24, 2.45) is 0 Å². The molecule has 0 amide bonds. The van der Waals surface area contributed by atoms with E-state index in [4.69, 9.17) is 0 Å². The number of sulfonamides is 1. The quantitative estimate of drug-likeness (QED) is 0.192. The van der Waals surface area contributed by atoms with Crippen molar-refractivity contribution in [1.29, 1.82) is 0 Å². The summed E-state index contributed by atoms with van der Waals surface area (Å²) in [6.45, 7) is 4.25. The maximum atomic E-state index is 14.2. The minimum atomic E-state index is -4.86. The summed E-state index contributed by atoms with van der Waals surface area (Å²) in [5.41, 5.74) is 3.63. The van der Waals surface area contributed by atoms with E-state index in [2.05, 4.69) is 5.32 Å². The summed E-state index contributed by atoms with van der Waals surface area (Å²) in [5, 5.41) is 2.82. The van der Waals surface area contributed by atoms with Gasteiger partial charge < -0.3 is 5.32 Å². The van der Waals surface area contributed by atoms with Crippen molar-refractivity contribution in [2.75, 3.05) is 11.9 Å². The molecule has 3 aromatic carbocycles. The van der Waals surface area contributed by atoms with Gasteiger partial charge >= 0.3 is 6.18 Å². The van der Waals surface area contributed by atoms with Crippen LogP contribution in [0.2, 0.25) is 0 Å². The lowest BCUT2D eigenvalue weighted by molar-refractivity contribution is -0.153. The maximum Gasteiger partial charge on any atom is 0.418 e. The van der Waals surface area contributed by atoms with Gasteiger partial charge in [0, 0.05) is 11.3 Å². The molecule has 0 aliphatic heterocycles. The van der Waals surface area contributed by atoms with Gasteiger partial charge in [-0.2, -0.15) is 17.9 Å². The van der Waals surface area contributed by atoms with Crippen LogP contribution < -0.4 is 10.0 Å². The zero-order valence-electron chi connectivity index (χ0n) is 18.3. The van der Waals surface area contributed by atoms with Crippen LogP contribution in [-0.4, -0.2) is 24.7 Å². The minimum absolute atomic E-state index is 0.136. The largest absolute Gasteiger partial charge is 0.418 e. The van der Waals surface area contributed by atoms with Crippen molar-refractivity contribution in [3.8, 4) is 11.1 Å². The molecule has 0 saturated heterocycles. The molecule has 33 heavy (non-hydrogen) atoms. The van der Waals surface area contributed by atoms with Gasteiger partial charge in [-0.05, 0) is 66.1 Å². The van der Waals surface area contributed by atoms with Crippen LogP contribution in [0.3, 0.4) is 0 Å². The highest BCUT2D eigenvalue weighted by Crippen LogP contribution is 2.39. The fourth-order valence-corrected chi connectivity index (χ4v) is 6.51. The predicted octanol–water partition coefficient (Wildman–Crippen LogP) is 6.36. The molecule has 3 rings (SSSR count). The lowest BCUT2D eigenvalue weighted by atomic mass is 10.0. The van der Waals surface area contributed by atoms with Gasteiger partial charge in [-0.25, -0.2) is 8.42 Å². The van der Waals surface area contributed by atoms with Crippen molar-refractivity contribution < 1.29 is 21.6 Å². The second kappa shape index (κ2) is 9.63. The van der Waals surface area contributed by atoms with Gasteiger partial charge in [-0.3, -0.25) is 0 Å². The maximum absolute atomic E-state index is 14.2. The molecule has 0 heterocycles. The molecule has 1 atom stereocenters. The van der Waals surface area contributed by atoms with Crippen LogP contribution in [0.15, 0.2) is 71.6 Å². The number of benzene rings is 3. The lowest BCUT2D eigenvalue weighted by Crippen LogP contribution is -2.58. The molecule has 0 radical (unpaired) electrons. The van der Waals surface area contributed by atoms with Crippen molar-refractivity contribution in [3.05, 3.63) is 83.4 Å². The van der Waals surface area contributed by atoms with Gasteiger partial charge in [0.1, 0.15) is 0 Å². The first-order chi connectivity index (χ1) is 15.3. The van der Waals surface area contributed by atoms with E-state index in [1.165, 1.54) is 0 Å². The summed E-state index contributed by atoms with van der Waals surface area (Å²) in [7, 11) is -4.46. The van der Waals surface area contributed by atoms with E-state index in [9.17, 15) is 21.6 Å². The standard InChI is InChI=1S/C24H24F3IN2O2S/c1-16-13-17(2)22(18(3)14-16)33(31,32)30-23(28,24(25,26)27)15-29-21-12-8-7-11-20(21)19-9-5-4-6-10-19/h4-14,29-30H,15H2,1-3H3. The molecule has 9 heteroatoms. The zero-order chi connectivity index (χ0) is 24.4. The number of aryl methyl sites for hydroxylation is 3. The van der Waals surface area contributed by atoms with Gasteiger partial charge in [0.05, 0.1) is 11.4 Å². The van der Waals surface area contributed by atoms with Crippen molar-refractivity contribution in [1.82, 2.24) is 4.72 Å². The van der Waals surface area contributed by atoms with Crippen LogP contribution in [0.25, 0.3) is 11.1 Å². The fraction of sp³-hybridized carbons (Fsp3) is 0.250. The third-order valence-corrected chi connectivity index (χ3v) is 8.58. The van der Waals surface area contributed by atoms with E-state index in [1.807, 2.05) is 35.1 Å². The molecule has 0 aromatic heterocycles. The lowest BCUT2D eigenvalue weighted by Gasteiger charge is -2.32. The summed E-state index contributed by atoms with van der Waals surface area (Å²) >= 11 is 1.14. The van der Waals surface area contributed by atoms with Crippen LogP contribution >= 0.6 is 22.6 Å². The Bertz CT molecular complexity index is 1230. The van der Waals surface area contributed by atoms with E-state index in [1.54, 1.807) is 57.2 Å². The van der Waals surface area contributed by atoms with Crippen LogP contribution in [-0.2, 0) is 10.0 Å². The van der Waals surface area contributed by atoms with Gasteiger partial charge in [0.15, 0.2) is 3.55 Å². The topological polar surface area (TPSA) is 58.2 Å². The third kappa shape index (κ3) is 5.70. The van der Waals surface area contributed by atoms with Gasteiger partial charge in [-0.1, -0.05) is 66.2 Å². The summed E-state index contributed by atoms with van der Waals surface area (Å²) in [4.78, 5) is -0.136. The molecule has 0 spiro atoms. The molecule has 0 aliphatic carbocycles. The molecular formula is C24H24F3IN2O2S. The SMILES string of the molecule is Cc1cc(C)c(S(=O)(=O)NC(I)(CNc2ccccc2-c2ccccc2)C(F)(F)F)c(C)c1. The number of hydrogen-bond acceptors (Lipinski definition) is 3. The highest BCUT2D eigenvalue weighted by molar-refractivity contribution is 14.1. The smallest absolute Gasteiger partial charge is 0.381 e. The van der Waals surface area contributed by atoms with Crippen molar-refractivity contribution >= 4 is 38.3 Å². The number of anilines is 1. The van der Waals surface area contributed by atoms with Gasteiger partial charge in [-0.15, -0.1) is 0 Å². The molecule has 1 unspecified atom stereocenters. The molecule has 176 valence electrons. The average Bonchev–Trinajstić information content (AvgIpc) is 2.71. The molecule has 0 bridgehead atoms. The van der Waals surface area contributed by atoms with Crippen molar-refractivity contribution in [2.45, 2.75) is 35.4 Å². The number of para-hydroxylation sites is 1. The molecule has 4 nitrogen and oxygen atoms in total. The highest BCUT2D eigenvalue weighted by atomic mass is 127. The first-order valence-corrected chi connectivity index (χ1v) is 12.7. The number of nitrogens with one attached hydrogen (secondary N) is 2. The minimum Gasteiger partial charge on any atom is -0.381 e. The highest BCUT2D eigenvalue weighted by Gasteiger charge is 2.55. The van der Waals surface area contributed by atoms with Gasteiger partial charge in [0.25, 0.3) is 0 Å². The third-order valence-electron chi connectivity index (χ3n) is 5.15. The number of hydrogen-bond donors (Lipinski definition) is 2. The van der Waals surface area contributed by atoms with Crippen molar-refractivity contribution in [3.63, 3.8) is 0 Å². The summed E-state index contributed by atoms with van der Waals surface area (Å²) in [5.74, 6) is 0. The Balaban J connectivity index is 1.95. The number of rotatable bonds is 7. The first kappa shape index (κ1) is 25.5. The molecule has 3 aromatic rings. The zero-order valence-corrected chi connectivity index (χ0v) is 21.3. The normalized spacial score (nSPS) is 14.0. The van der Waals surface area contributed by atoms with E-state index in [-0.39, 0.29) is 4.90 Å². The molecule has 0 fully saturated rings. The Labute approximate surface area is 205 Å². The second-order valence-corrected chi connectivity index (χ2v) is 11.4. The van der Waals surface area contributed by atoms with Crippen LogP contribution in [0.1, 0.15) is 16.7 Å². The molecule has 0 saturated carbocycles. The Morgan fingerprint density at radius 1 is 0.879 bits per heavy atom. The second-order valence-electron chi connectivity index (χ2n) is 7.90. The van der Waals surface area contributed by atoms with Crippen LogP contribution in [0, 0.1) is 20.8 Å². The Kier molecular flexibility index (Phi) is 7.45. The Hall–Kier alpha value is -2.11. The summed E-state index contributed by atoms with van der Waals surface area (Å²) in [6, 6.07) is 19.5. The van der Waals surface area contributed by atoms with Gasteiger partial charge in [0.2, 0.25) is 10.0 Å².